The van der Waals surface area contributed by atoms with Crippen LogP contribution in [0.2, 0.25) is 0 Å². The molecule has 94 valence electrons. The van der Waals surface area contributed by atoms with Crippen LogP contribution in [0.25, 0.3) is 0 Å². The van der Waals surface area contributed by atoms with Gasteiger partial charge in [-0.2, -0.15) is 0 Å². The highest BCUT2D eigenvalue weighted by Gasteiger charge is 2.28. The van der Waals surface area contributed by atoms with Crippen molar-refractivity contribution in [1.82, 2.24) is 0 Å². The number of hydrogen-bond acceptors (Lipinski definition) is 4. The molecule has 0 atom stereocenters. The first-order valence-corrected chi connectivity index (χ1v) is 6.43. The van der Waals surface area contributed by atoms with Crippen LogP contribution in [0.15, 0.2) is 23.1 Å². The van der Waals surface area contributed by atoms with Crippen molar-refractivity contribution in [2.75, 3.05) is 18.6 Å². The summed E-state index contributed by atoms with van der Waals surface area (Å²) in [6, 6.07) is 5.92. The van der Waals surface area contributed by atoms with Gasteiger partial charge in [0.05, 0.1) is 12.5 Å². The first kappa shape index (κ1) is 13.9. The second-order valence-corrected chi connectivity index (χ2v) is 5.67. The van der Waals surface area contributed by atoms with Crippen molar-refractivity contribution < 1.29 is 9.53 Å². The molecule has 0 aromatic heterocycles. The molecule has 0 unspecified atom stereocenters. The maximum absolute atomic E-state index is 11.5. The monoisotopic (exact) mass is 253 g/mol. The Morgan fingerprint density at radius 1 is 1.47 bits per heavy atom. The Kier molecular flexibility index (Phi) is 4.46. The van der Waals surface area contributed by atoms with E-state index in [0.717, 1.165) is 16.1 Å². The van der Waals surface area contributed by atoms with Crippen LogP contribution in [0, 0.1) is 12.3 Å². The number of methoxy groups -OCH3 is 1. The molecule has 17 heavy (non-hydrogen) atoms. The van der Waals surface area contributed by atoms with Gasteiger partial charge in [0.1, 0.15) is 0 Å². The highest BCUT2D eigenvalue weighted by Crippen LogP contribution is 2.33. The van der Waals surface area contributed by atoms with E-state index in [-0.39, 0.29) is 5.97 Å². The smallest absolute Gasteiger partial charge is 0.312 e. The summed E-state index contributed by atoms with van der Waals surface area (Å²) in [5.41, 5.74) is 7.33. The van der Waals surface area contributed by atoms with E-state index in [4.69, 9.17) is 10.5 Å². The van der Waals surface area contributed by atoms with Crippen molar-refractivity contribution >= 4 is 23.4 Å². The molecule has 0 fully saturated rings. The summed E-state index contributed by atoms with van der Waals surface area (Å²) in [5.74, 6) is 0.448. The van der Waals surface area contributed by atoms with Crippen LogP contribution in [-0.2, 0) is 9.53 Å². The lowest BCUT2D eigenvalue weighted by Gasteiger charge is -2.21. The predicted molar refractivity (Wildman–Crippen MR) is 72.1 cm³/mol. The van der Waals surface area contributed by atoms with Crippen LogP contribution in [0.4, 0.5) is 5.69 Å². The lowest BCUT2D eigenvalue weighted by Crippen LogP contribution is -2.28. The molecule has 0 amide bonds. The minimum Gasteiger partial charge on any atom is -0.469 e. The third kappa shape index (κ3) is 3.40. The summed E-state index contributed by atoms with van der Waals surface area (Å²) in [4.78, 5) is 12.6. The SMILES string of the molecule is COC(=O)C(C)(C)CSc1cccc(C)c1N. The molecule has 2 N–H and O–H groups in total. The Morgan fingerprint density at radius 2 is 2.12 bits per heavy atom. The van der Waals surface area contributed by atoms with E-state index in [9.17, 15) is 4.79 Å². The van der Waals surface area contributed by atoms with Crippen molar-refractivity contribution in [3.8, 4) is 0 Å². The van der Waals surface area contributed by atoms with Gasteiger partial charge >= 0.3 is 5.97 Å². The van der Waals surface area contributed by atoms with Crippen LogP contribution in [0.3, 0.4) is 0 Å². The van der Waals surface area contributed by atoms with E-state index in [1.807, 2.05) is 39.0 Å². The number of ether oxygens (including phenoxy) is 1. The number of hydrogen-bond donors (Lipinski definition) is 1. The van der Waals surface area contributed by atoms with Crippen LogP contribution >= 0.6 is 11.8 Å². The van der Waals surface area contributed by atoms with Crippen molar-refractivity contribution in [3.05, 3.63) is 23.8 Å². The van der Waals surface area contributed by atoms with Gasteiger partial charge in [0, 0.05) is 16.3 Å². The maximum atomic E-state index is 11.5. The number of esters is 1. The second-order valence-electron chi connectivity index (χ2n) is 4.65. The van der Waals surface area contributed by atoms with Gasteiger partial charge in [-0.25, -0.2) is 0 Å². The standard InChI is InChI=1S/C13H19NO2S/c1-9-6-5-7-10(11(9)14)17-8-13(2,3)12(15)16-4/h5-7H,8,14H2,1-4H3. The second kappa shape index (κ2) is 5.45. The molecule has 0 aliphatic carbocycles. The third-order valence-corrected chi connectivity index (χ3v) is 4.14. The Hall–Kier alpha value is -1.16. The van der Waals surface area contributed by atoms with E-state index >= 15 is 0 Å². The Morgan fingerprint density at radius 3 is 2.71 bits per heavy atom. The summed E-state index contributed by atoms with van der Waals surface area (Å²) >= 11 is 1.59. The van der Waals surface area contributed by atoms with Crippen molar-refractivity contribution in [3.63, 3.8) is 0 Å². The summed E-state index contributed by atoms with van der Waals surface area (Å²) in [5, 5.41) is 0. The van der Waals surface area contributed by atoms with Gasteiger partial charge in [-0.1, -0.05) is 12.1 Å². The van der Waals surface area contributed by atoms with Crippen LogP contribution in [-0.4, -0.2) is 18.8 Å². The average Bonchev–Trinajstić information content (AvgIpc) is 2.30. The fraction of sp³-hybridized carbons (Fsp3) is 0.462. The van der Waals surface area contributed by atoms with Crippen molar-refractivity contribution in [2.45, 2.75) is 25.7 Å². The summed E-state index contributed by atoms with van der Waals surface area (Å²) in [6.45, 7) is 5.72. The highest BCUT2D eigenvalue weighted by atomic mass is 32.2. The molecule has 0 aliphatic rings. The first-order valence-electron chi connectivity index (χ1n) is 5.45. The van der Waals surface area contributed by atoms with Gasteiger partial charge in [0.25, 0.3) is 0 Å². The first-order chi connectivity index (χ1) is 7.88. The molecular formula is C13H19NO2S. The minimum atomic E-state index is -0.504. The van der Waals surface area contributed by atoms with Crippen LogP contribution in [0.5, 0.6) is 0 Å². The molecule has 1 aromatic carbocycles. The lowest BCUT2D eigenvalue weighted by atomic mass is 9.97. The normalized spacial score (nSPS) is 11.3. The summed E-state index contributed by atoms with van der Waals surface area (Å²) in [6.07, 6.45) is 0. The number of anilines is 1. The van der Waals surface area contributed by atoms with Crippen LogP contribution < -0.4 is 5.73 Å². The largest absolute Gasteiger partial charge is 0.469 e. The number of carbonyl (C=O) groups is 1. The predicted octanol–water partition coefficient (Wildman–Crippen LogP) is 2.87. The topological polar surface area (TPSA) is 52.3 Å². The Bertz CT molecular complexity index is 416. The lowest BCUT2D eigenvalue weighted by molar-refractivity contribution is -0.149. The Labute approximate surface area is 107 Å². The number of nitrogen functional groups attached to an aromatic ring is 1. The summed E-state index contributed by atoms with van der Waals surface area (Å²) < 4.78 is 4.77. The molecule has 0 radical (unpaired) electrons. The number of benzene rings is 1. The molecule has 1 rings (SSSR count). The average molecular weight is 253 g/mol. The number of carbonyl (C=O) groups excluding carboxylic acids is 1. The van der Waals surface area contributed by atoms with Gasteiger partial charge in [-0.15, -0.1) is 11.8 Å². The van der Waals surface area contributed by atoms with Gasteiger partial charge in [-0.05, 0) is 32.4 Å². The van der Waals surface area contributed by atoms with Gasteiger partial charge < -0.3 is 10.5 Å². The molecule has 4 heteroatoms. The number of nitrogens with two attached hydrogens (primary N) is 1. The number of aryl methyl sites for hydroxylation is 1. The van der Waals surface area contributed by atoms with E-state index in [1.54, 1.807) is 11.8 Å². The van der Waals surface area contributed by atoms with E-state index < -0.39 is 5.41 Å². The van der Waals surface area contributed by atoms with Crippen molar-refractivity contribution in [2.24, 2.45) is 5.41 Å². The van der Waals surface area contributed by atoms with Crippen LogP contribution in [0.1, 0.15) is 19.4 Å². The maximum Gasteiger partial charge on any atom is 0.312 e. The van der Waals surface area contributed by atoms with E-state index in [2.05, 4.69) is 0 Å². The minimum absolute atomic E-state index is 0.198. The molecular weight excluding hydrogens is 234 g/mol. The quantitative estimate of drug-likeness (QED) is 0.509. The summed E-state index contributed by atoms with van der Waals surface area (Å²) in [7, 11) is 1.41. The van der Waals surface area contributed by atoms with E-state index in [0.29, 0.717) is 5.75 Å². The molecule has 0 saturated carbocycles. The fourth-order valence-corrected chi connectivity index (χ4v) is 2.50. The zero-order valence-electron chi connectivity index (χ0n) is 10.7. The van der Waals surface area contributed by atoms with Gasteiger partial charge in [0.15, 0.2) is 0 Å². The zero-order chi connectivity index (χ0) is 13.1. The molecule has 0 spiro atoms. The highest BCUT2D eigenvalue weighted by molar-refractivity contribution is 7.99. The molecule has 0 bridgehead atoms. The molecule has 0 heterocycles. The third-order valence-electron chi connectivity index (χ3n) is 2.61. The zero-order valence-corrected chi connectivity index (χ0v) is 11.6. The number of thioether (sulfide) groups is 1. The number of para-hydroxylation sites is 1. The molecule has 0 aliphatic heterocycles. The van der Waals surface area contributed by atoms with Gasteiger partial charge in [0.2, 0.25) is 0 Å². The molecule has 3 nitrogen and oxygen atoms in total. The molecule has 1 aromatic rings. The fourth-order valence-electron chi connectivity index (χ4n) is 1.37. The van der Waals surface area contributed by atoms with E-state index in [1.165, 1.54) is 7.11 Å². The van der Waals surface area contributed by atoms with Gasteiger partial charge in [-0.3, -0.25) is 4.79 Å². The number of rotatable bonds is 4. The molecule has 0 saturated heterocycles. The van der Waals surface area contributed by atoms with Crippen molar-refractivity contribution in [1.29, 1.82) is 0 Å². The Balaban J connectivity index is 2.74.